The highest BCUT2D eigenvalue weighted by Gasteiger charge is 2.55. The summed E-state index contributed by atoms with van der Waals surface area (Å²) in [5, 5.41) is 15.6. The molecule has 3 aliphatic rings. The first-order valence-electron chi connectivity index (χ1n) is 12.1. The minimum absolute atomic E-state index is 0.222. The number of amides is 3. The largest absolute Gasteiger partial charge is 0.271 e. The monoisotopic (exact) mass is 492 g/mol. The molecule has 0 radical (unpaired) electrons. The predicted molar refractivity (Wildman–Crippen MR) is 136 cm³/mol. The quantitative estimate of drug-likeness (QED) is 0.508. The zero-order valence-electron chi connectivity index (χ0n) is 20.1. The van der Waals surface area contributed by atoms with Gasteiger partial charge in [0.25, 0.3) is 17.7 Å². The van der Waals surface area contributed by atoms with E-state index in [1.165, 1.54) is 10.0 Å². The van der Waals surface area contributed by atoms with Crippen LogP contribution in [0.3, 0.4) is 0 Å². The molecule has 0 unspecified atom stereocenters. The minimum Gasteiger partial charge on any atom is -0.271 e. The van der Waals surface area contributed by atoms with Crippen LogP contribution >= 0.6 is 0 Å². The molecular formula is C28H24N6O3. The van der Waals surface area contributed by atoms with Crippen molar-refractivity contribution >= 4 is 29.1 Å². The lowest BCUT2D eigenvalue weighted by Gasteiger charge is -2.25. The highest BCUT2D eigenvalue weighted by molar-refractivity contribution is 6.25. The van der Waals surface area contributed by atoms with E-state index in [0.717, 1.165) is 27.3 Å². The zero-order valence-corrected chi connectivity index (χ0v) is 20.1. The second-order valence-electron chi connectivity index (χ2n) is 9.32. The summed E-state index contributed by atoms with van der Waals surface area (Å²) in [6, 6.07) is 24.4. The van der Waals surface area contributed by atoms with E-state index < -0.39 is 23.9 Å². The zero-order chi connectivity index (χ0) is 25.5. The van der Waals surface area contributed by atoms with Crippen molar-refractivity contribution < 1.29 is 14.4 Å². The van der Waals surface area contributed by atoms with E-state index in [9.17, 15) is 14.4 Å². The van der Waals surface area contributed by atoms with Crippen LogP contribution in [0, 0.1) is 6.92 Å². The summed E-state index contributed by atoms with van der Waals surface area (Å²) in [5.41, 5.74) is 4.22. The first-order valence-corrected chi connectivity index (χ1v) is 12.1. The number of hydrogen-bond donors (Lipinski definition) is 0. The molecule has 0 bridgehead atoms. The van der Waals surface area contributed by atoms with Crippen LogP contribution in [0.15, 0.2) is 100 Å². The number of anilines is 1. The number of benzene rings is 3. The SMILES string of the molecule is Cc1ccc(N2C(=O)[C@H]3N=NN(CC(=O)N4N=C(c5ccccc5)C[C@H]4c4ccccc4)[C@H]3C2=O)cc1. The number of imide groups is 1. The Labute approximate surface area is 213 Å². The average Bonchev–Trinajstić information content (AvgIpc) is 3.61. The normalized spacial score (nSPS) is 22.6. The summed E-state index contributed by atoms with van der Waals surface area (Å²) in [4.78, 5) is 41.1. The van der Waals surface area contributed by atoms with E-state index in [1.54, 1.807) is 12.1 Å². The molecule has 184 valence electrons. The number of hydrazone groups is 1. The van der Waals surface area contributed by atoms with E-state index in [-0.39, 0.29) is 18.5 Å². The summed E-state index contributed by atoms with van der Waals surface area (Å²) in [6.45, 7) is 1.71. The van der Waals surface area contributed by atoms with Crippen LogP contribution < -0.4 is 4.90 Å². The molecule has 37 heavy (non-hydrogen) atoms. The molecule has 3 atom stereocenters. The van der Waals surface area contributed by atoms with Gasteiger partial charge in [-0.3, -0.25) is 19.4 Å². The molecule has 9 nitrogen and oxygen atoms in total. The van der Waals surface area contributed by atoms with Gasteiger partial charge >= 0.3 is 0 Å². The second kappa shape index (κ2) is 9.09. The number of nitrogens with zero attached hydrogens (tertiary/aromatic N) is 6. The number of rotatable bonds is 5. The van der Waals surface area contributed by atoms with Gasteiger partial charge in [0.15, 0.2) is 12.1 Å². The summed E-state index contributed by atoms with van der Waals surface area (Å²) in [5.74, 6) is -1.20. The number of carbonyl (C=O) groups is 3. The Morgan fingerprint density at radius 1 is 0.892 bits per heavy atom. The van der Waals surface area contributed by atoms with Gasteiger partial charge in [0.05, 0.1) is 17.4 Å². The van der Waals surface area contributed by atoms with E-state index in [1.807, 2.05) is 79.7 Å². The third-order valence-electron chi connectivity index (χ3n) is 6.90. The molecular weight excluding hydrogens is 468 g/mol. The van der Waals surface area contributed by atoms with Crippen molar-refractivity contribution in [3.8, 4) is 0 Å². The lowest BCUT2D eigenvalue weighted by atomic mass is 9.98. The maximum absolute atomic E-state index is 13.6. The Balaban J connectivity index is 1.25. The maximum Gasteiger partial charge on any atom is 0.264 e. The highest BCUT2D eigenvalue weighted by atomic mass is 16.2. The first kappa shape index (κ1) is 22.8. The molecule has 3 aliphatic heterocycles. The summed E-state index contributed by atoms with van der Waals surface area (Å²) < 4.78 is 0. The van der Waals surface area contributed by atoms with Crippen molar-refractivity contribution in [2.24, 2.45) is 15.4 Å². The predicted octanol–water partition coefficient (Wildman–Crippen LogP) is 3.67. The van der Waals surface area contributed by atoms with Gasteiger partial charge in [-0.15, -0.1) is 0 Å². The molecule has 0 spiro atoms. The molecule has 1 saturated heterocycles. The van der Waals surface area contributed by atoms with Gasteiger partial charge in [-0.25, -0.2) is 9.91 Å². The summed E-state index contributed by atoms with van der Waals surface area (Å²) >= 11 is 0. The Bertz CT molecular complexity index is 1420. The molecule has 9 heteroatoms. The Hall–Kier alpha value is -4.66. The number of carbonyl (C=O) groups excluding carboxylic acids is 3. The lowest BCUT2D eigenvalue weighted by Crippen LogP contribution is -2.44. The van der Waals surface area contributed by atoms with Crippen molar-refractivity contribution in [1.29, 1.82) is 0 Å². The van der Waals surface area contributed by atoms with Crippen molar-refractivity contribution in [1.82, 2.24) is 10.0 Å². The van der Waals surface area contributed by atoms with Crippen LogP contribution in [0.5, 0.6) is 0 Å². The molecule has 3 aromatic rings. The van der Waals surface area contributed by atoms with E-state index in [4.69, 9.17) is 0 Å². The average molecular weight is 493 g/mol. The van der Waals surface area contributed by atoms with E-state index >= 15 is 0 Å². The van der Waals surface area contributed by atoms with Gasteiger partial charge in [0.1, 0.15) is 6.54 Å². The van der Waals surface area contributed by atoms with E-state index in [0.29, 0.717) is 12.1 Å². The Morgan fingerprint density at radius 2 is 1.57 bits per heavy atom. The van der Waals surface area contributed by atoms with Crippen LogP contribution in [0.25, 0.3) is 0 Å². The van der Waals surface area contributed by atoms with Crippen molar-refractivity contribution in [2.75, 3.05) is 11.4 Å². The molecule has 3 aromatic carbocycles. The van der Waals surface area contributed by atoms with Crippen LogP contribution in [-0.4, -0.2) is 52.1 Å². The third-order valence-corrected chi connectivity index (χ3v) is 6.90. The molecule has 0 aliphatic carbocycles. The van der Waals surface area contributed by atoms with Gasteiger partial charge in [0.2, 0.25) is 0 Å². The van der Waals surface area contributed by atoms with Crippen LogP contribution in [0.2, 0.25) is 0 Å². The van der Waals surface area contributed by atoms with Crippen LogP contribution in [0.1, 0.15) is 29.2 Å². The van der Waals surface area contributed by atoms with Gasteiger partial charge in [-0.2, -0.15) is 10.2 Å². The first-order chi connectivity index (χ1) is 18.0. The number of fused-ring (bicyclic) bond motifs is 1. The molecule has 0 saturated carbocycles. The standard InChI is InChI=1S/C28H24N6O3/c1-18-12-14-21(15-13-18)33-27(36)25-26(28(33)37)32(31-29-25)17-24(35)34-23(20-10-6-3-7-11-20)16-22(30-34)19-8-4-2-5-9-19/h2-15,23,25-26H,16-17H2,1H3/t23-,25-,26+/m0/s1. The summed E-state index contributed by atoms with van der Waals surface area (Å²) in [7, 11) is 0. The lowest BCUT2D eigenvalue weighted by molar-refractivity contribution is -0.135. The van der Waals surface area contributed by atoms with Crippen molar-refractivity contribution in [3.05, 3.63) is 102 Å². The fraction of sp³-hybridized carbons (Fsp3) is 0.214. The van der Waals surface area contributed by atoms with Gasteiger partial charge in [-0.1, -0.05) is 83.6 Å². The van der Waals surface area contributed by atoms with E-state index in [2.05, 4.69) is 15.4 Å². The summed E-state index contributed by atoms with van der Waals surface area (Å²) in [6.07, 6.45) is 0.561. The van der Waals surface area contributed by atoms with Gasteiger partial charge < -0.3 is 0 Å². The number of aryl methyl sites for hydroxylation is 1. The van der Waals surface area contributed by atoms with Crippen molar-refractivity contribution in [2.45, 2.75) is 31.5 Å². The molecule has 0 aromatic heterocycles. The number of hydrogen-bond acceptors (Lipinski definition) is 7. The molecule has 6 rings (SSSR count). The fourth-order valence-corrected chi connectivity index (χ4v) is 4.99. The third kappa shape index (κ3) is 3.98. The Morgan fingerprint density at radius 3 is 2.27 bits per heavy atom. The molecule has 3 amide bonds. The maximum atomic E-state index is 13.6. The highest BCUT2D eigenvalue weighted by Crippen LogP contribution is 2.35. The topological polar surface area (TPSA) is 98.0 Å². The molecule has 3 heterocycles. The molecule has 1 fully saturated rings. The minimum atomic E-state index is -0.964. The Kier molecular flexibility index (Phi) is 5.60. The molecule has 0 N–H and O–H groups in total. The second-order valence-corrected chi connectivity index (χ2v) is 9.32. The van der Waals surface area contributed by atoms with Gasteiger partial charge in [-0.05, 0) is 30.2 Å². The smallest absolute Gasteiger partial charge is 0.264 e. The van der Waals surface area contributed by atoms with Gasteiger partial charge in [0, 0.05) is 6.42 Å². The van der Waals surface area contributed by atoms with Crippen molar-refractivity contribution in [3.63, 3.8) is 0 Å². The van der Waals surface area contributed by atoms with Crippen LogP contribution in [-0.2, 0) is 14.4 Å². The van der Waals surface area contributed by atoms with Crippen LogP contribution in [0.4, 0.5) is 5.69 Å². The fourth-order valence-electron chi connectivity index (χ4n) is 4.99.